The Kier molecular flexibility index (Phi) is 5.72. The maximum Gasteiger partial charge on any atom is 0.326 e. The van der Waals surface area contributed by atoms with Crippen molar-refractivity contribution >= 4 is 41.0 Å². The Hall–Kier alpha value is -1.86. The third kappa shape index (κ3) is 4.67. The van der Waals surface area contributed by atoms with Crippen LogP contribution < -0.4 is 5.32 Å². The quantitative estimate of drug-likeness (QED) is 0.683. The van der Waals surface area contributed by atoms with Gasteiger partial charge in [-0.05, 0) is 18.6 Å². The number of aliphatic carboxylic acids is 2. The molecule has 1 aromatic rings. The number of rotatable bonds is 6. The number of nitrogens with one attached hydrogen (secondary N) is 1. The van der Waals surface area contributed by atoms with Crippen LogP contribution >= 0.6 is 23.2 Å². The van der Waals surface area contributed by atoms with E-state index < -0.39 is 23.9 Å². The SMILES string of the molecule is O=C(O)CCC(NC(=O)c1ccc(Cl)nc1Cl)C(=O)O. The first kappa shape index (κ1) is 16.2. The van der Waals surface area contributed by atoms with E-state index >= 15 is 0 Å². The van der Waals surface area contributed by atoms with Gasteiger partial charge < -0.3 is 15.5 Å². The zero-order valence-electron chi connectivity index (χ0n) is 9.97. The Morgan fingerprint density at radius 2 is 1.90 bits per heavy atom. The van der Waals surface area contributed by atoms with E-state index in [1.165, 1.54) is 12.1 Å². The molecule has 0 bridgehead atoms. The summed E-state index contributed by atoms with van der Waals surface area (Å²) in [7, 11) is 0. The number of halogens is 2. The predicted molar refractivity (Wildman–Crippen MR) is 70.0 cm³/mol. The van der Waals surface area contributed by atoms with E-state index in [9.17, 15) is 14.4 Å². The van der Waals surface area contributed by atoms with Gasteiger partial charge in [0.25, 0.3) is 5.91 Å². The van der Waals surface area contributed by atoms with E-state index in [1.807, 2.05) is 0 Å². The van der Waals surface area contributed by atoms with Gasteiger partial charge in [0, 0.05) is 6.42 Å². The maximum atomic E-state index is 11.8. The molecule has 0 spiro atoms. The van der Waals surface area contributed by atoms with Crippen molar-refractivity contribution in [1.29, 1.82) is 0 Å². The first-order valence-corrected chi connectivity index (χ1v) is 6.14. The molecule has 0 saturated heterocycles. The number of nitrogens with zero attached hydrogens (tertiary/aromatic N) is 1. The van der Waals surface area contributed by atoms with Crippen LogP contribution in [0.1, 0.15) is 23.2 Å². The number of hydrogen-bond donors (Lipinski definition) is 3. The zero-order valence-corrected chi connectivity index (χ0v) is 11.5. The third-order valence-electron chi connectivity index (χ3n) is 2.31. The fraction of sp³-hybridized carbons (Fsp3) is 0.273. The van der Waals surface area contributed by atoms with Gasteiger partial charge in [-0.1, -0.05) is 23.2 Å². The monoisotopic (exact) mass is 320 g/mol. The van der Waals surface area contributed by atoms with Crippen LogP contribution in [0.4, 0.5) is 0 Å². The van der Waals surface area contributed by atoms with Gasteiger partial charge in [0.15, 0.2) is 0 Å². The average Bonchev–Trinajstić information content (AvgIpc) is 2.33. The molecule has 20 heavy (non-hydrogen) atoms. The number of carbonyl (C=O) groups is 3. The number of hydrogen-bond acceptors (Lipinski definition) is 4. The summed E-state index contributed by atoms with van der Waals surface area (Å²) in [5.41, 5.74) is -0.0439. The topological polar surface area (TPSA) is 117 Å². The molecule has 0 radical (unpaired) electrons. The van der Waals surface area contributed by atoms with Gasteiger partial charge in [-0.3, -0.25) is 9.59 Å². The Morgan fingerprint density at radius 1 is 1.25 bits per heavy atom. The number of carbonyl (C=O) groups excluding carboxylic acids is 1. The zero-order chi connectivity index (χ0) is 15.3. The summed E-state index contributed by atoms with van der Waals surface area (Å²) < 4.78 is 0. The second-order valence-electron chi connectivity index (χ2n) is 3.77. The third-order valence-corrected chi connectivity index (χ3v) is 2.81. The molecule has 1 aromatic heterocycles. The van der Waals surface area contributed by atoms with Crippen LogP contribution in [0.3, 0.4) is 0 Å². The highest BCUT2D eigenvalue weighted by atomic mass is 35.5. The van der Waals surface area contributed by atoms with Crippen LogP contribution in [0.15, 0.2) is 12.1 Å². The van der Waals surface area contributed by atoms with Gasteiger partial charge in [0.1, 0.15) is 16.3 Å². The molecular formula is C11H10Cl2N2O5. The van der Waals surface area contributed by atoms with Crippen molar-refractivity contribution in [2.45, 2.75) is 18.9 Å². The molecule has 0 fully saturated rings. The van der Waals surface area contributed by atoms with Crippen LogP contribution in [-0.2, 0) is 9.59 Å². The fourth-order valence-corrected chi connectivity index (χ4v) is 1.77. The molecule has 0 aromatic carbocycles. The van der Waals surface area contributed by atoms with E-state index in [-0.39, 0.29) is 28.7 Å². The Bertz CT molecular complexity index is 550. The van der Waals surface area contributed by atoms with Gasteiger partial charge in [-0.2, -0.15) is 0 Å². The van der Waals surface area contributed by atoms with Crippen molar-refractivity contribution in [3.05, 3.63) is 28.0 Å². The van der Waals surface area contributed by atoms with Crippen molar-refractivity contribution in [1.82, 2.24) is 10.3 Å². The average molecular weight is 321 g/mol. The first-order chi connectivity index (χ1) is 9.31. The second kappa shape index (κ2) is 7.06. The van der Waals surface area contributed by atoms with Crippen LogP contribution in [0.5, 0.6) is 0 Å². The van der Waals surface area contributed by atoms with E-state index in [0.29, 0.717) is 0 Å². The number of pyridine rings is 1. The predicted octanol–water partition coefficient (Wildman–Crippen LogP) is 1.44. The standard InChI is InChI=1S/C11H10Cl2N2O5/c12-7-3-1-5(9(13)15-7)10(18)14-6(11(19)20)2-4-8(16)17/h1,3,6H,2,4H2,(H,14,18)(H,16,17)(H,19,20). The molecule has 1 rings (SSSR count). The molecule has 0 aliphatic carbocycles. The Morgan fingerprint density at radius 3 is 2.40 bits per heavy atom. The highest BCUT2D eigenvalue weighted by Gasteiger charge is 2.23. The van der Waals surface area contributed by atoms with E-state index in [1.54, 1.807) is 0 Å². The van der Waals surface area contributed by atoms with Gasteiger partial charge in [-0.15, -0.1) is 0 Å². The molecule has 108 valence electrons. The molecule has 1 amide bonds. The van der Waals surface area contributed by atoms with E-state index in [2.05, 4.69) is 10.3 Å². The Balaban J connectivity index is 2.80. The van der Waals surface area contributed by atoms with Crippen LogP contribution in [0.25, 0.3) is 0 Å². The Labute approximate surface area is 123 Å². The molecular weight excluding hydrogens is 311 g/mol. The molecule has 1 heterocycles. The maximum absolute atomic E-state index is 11.8. The minimum atomic E-state index is -1.34. The van der Waals surface area contributed by atoms with Crippen molar-refractivity contribution < 1.29 is 24.6 Å². The molecule has 0 aliphatic heterocycles. The summed E-state index contributed by atoms with van der Waals surface area (Å²) in [6.45, 7) is 0. The van der Waals surface area contributed by atoms with Crippen molar-refractivity contribution in [3.8, 4) is 0 Å². The lowest BCUT2D eigenvalue weighted by atomic mass is 10.1. The molecule has 0 aliphatic rings. The van der Waals surface area contributed by atoms with E-state index in [4.69, 9.17) is 33.4 Å². The summed E-state index contributed by atoms with van der Waals surface area (Å²) in [4.78, 5) is 36.9. The van der Waals surface area contributed by atoms with Crippen molar-refractivity contribution in [2.24, 2.45) is 0 Å². The lowest BCUT2D eigenvalue weighted by Crippen LogP contribution is -2.41. The molecule has 3 N–H and O–H groups in total. The van der Waals surface area contributed by atoms with Crippen LogP contribution in [0, 0.1) is 0 Å². The number of aromatic nitrogens is 1. The van der Waals surface area contributed by atoms with Gasteiger partial charge in [-0.25, -0.2) is 9.78 Å². The minimum Gasteiger partial charge on any atom is -0.481 e. The lowest BCUT2D eigenvalue weighted by molar-refractivity contribution is -0.140. The summed E-state index contributed by atoms with van der Waals surface area (Å²) in [6, 6.07) is 1.30. The number of carboxylic acid groups (broad SMARTS) is 2. The molecule has 7 nitrogen and oxygen atoms in total. The number of carboxylic acids is 2. The van der Waals surface area contributed by atoms with Crippen molar-refractivity contribution in [3.63, 3.8) is 0 Å². The first-order valence-electron chi connectivity index (χ1n) is 5.38. The highest BCUT2D eigenvalue weighted by molar-refractivity contribution is 6.34. The smallest absolute Gasteiger partial charge is 0.326 e. The summed E-state index contributed by atoms with van der Waals surface area (Å²) in [6.07, 6.45) is -0.626. The van der Waals surface area contributed by atoms with Gasteiger partial charge in [0.2, 0.25) is 0 Å². The van der Waals surface area contributed by atoms with Crippen molar-refractivity contribution in [2.75, 3.05) is 0 Å². The lowest BCUT2D eigenvalue weighted by Gasteiger charge is -2.13. The van der Waals surface area contributed by atoms with Gasteiger partial charge >= 0.3 is 11.9 Å². The highest BCUT2D eigenvalue weighted by Crippen LogP contribution is 2.16. The van der Waals surface area contributed by atoms with Gasteiger partial charge in [0.05, 0.1) is 5.56 Å². The number of amides is 1. The summed E-state index contributed by atoms with van der Waals surface area (Å²) >= 11 is 11.3. The molecule has 1 atom stereocenters. The molecule has 0 saturated carbocycles. The minimum absolute atomic E-state index is 0.0439. The molecule has 9 heteroatoms. The normalized spacial score (nSPS) is 11.7. The summed E-state index contributed by atoms with van der Waals surface area (Å²) in [5, 5.41) is 19.5. The van der Waals surface area contributed by atoms with E-state index in [0.717, 1.165) is 0 Å². The molecule has 1 unspecified atom stereocenters. The fourth-order valence-electron chi connectivity index (χ4n) is 1.34. The largest absolute Gasteiger partial charge is 0.481 e. The summed E-state index contributed by atoms with van der Waals surface area (Å²) in [5.74, 6) is -3.26. The van der Waals surface area contributed by atoms with Crippen LogP contribution in [-0.4, -0.2) is 39.1 Å². The second-order valence-corrected chi connectivity index (χ2v) is 4.51. The van der Waals surface area contributed by atoms with Crippen LogP contribution in [0.2, 0.25) is 10.3 Å².